The van der Waals surface area contributed by atoms with Gasteiger partial charge in [-0.1, -0.05) is 6.07 Å². The van der Waals surface area contributed by atoms with E-state index in [1.165, 1.54) is 19.3 Å². The maximum atomic E-state index is 12.5. The van der Waals surface area contributed by atoms with Crippen molar-refractivity contribution in [2.45, 2.75) is 32.1 Å². The SMILES string of the molecule is O=C(Cc1ccccn1)N1CCCC2(CCCNC2)C1. The van der Waals surface area contributed by atoms with Gasteiger partial charge in [-0.2, -0.15) is 0 Å². The van der Waals surface area contributed by atoms with Gasteiger partial charge in [-0.3, -0.25) is 9.78 Å². The van der Waals surface area contributed by atoms with Gasteiger partial charge in [0.2, 0.25) is 5.91 Å². The minimum atomic E-state index is 0.230. The Bertz CT molecular complexity index is 449. The smallest absolute Gasteiger partial charge is 0.228 e. The molecule has 1 N–H and O–H groups in total. The topological polar surface area (TPSA) is 45.2 Å². The number of carbonyl (C=O) groups is 1. The number of likely N-dealkylation sites (tertiary alicyclic amines) is 1. The summed E-state index contributed by atoms with van der Waals surface area (Å²) in [6.07, 6.45) is 7.08. The molecule has 0 saturated carbocycles. The second-order valence-electron chi connectivity index (χ2n) is 6.20. The van der Waals surface area contributed by atoms with Crippen molar-refractivity contribution in [1.29, 1.82) is 0 Å². The maximum absolute atomic E-state index is 12.5. The Morgan fingerprint density at radius 3 is 3.00 bits per heavy atom. The summed E-state index contributed by atoms with van der Waals surface area (Å²) >= 11 is 0. The lowest BCUT2D eigenvalue weighted by atomic mass is 9.74. The van der Waals surface area contributed by atoms with Crippen LogP contribution in [0.15, 0.2) is 24.4 Å². The molecule has 0 aliphatic carbocycles. The molecule has 2 saturated heterocycles. The molecule has 0 aromatic carbocycles. The minimum Gasteiger partial charge on any atom is -0.342 e. The number of nitrogens with one attached hydrogen (secondary N) is 1. The zero-order chi connectivity index (χ0) is 13.8. The van der Waals surface area contributed by atoms with Crippen molar-refractivity contribution >= 4 is 5.91 Å². The molecule has 3 heterocycles. The van der Waals surface area contributed by atoms with Gasteiger partial charge in [0.25, 0.3) is 0 Å². The monoisotopic (exact) mass is 273 g/mol. The Hall–Kier alpha value is -1.42. The standard InChI is InChI=1S/C16H23N3O/c20-15(11-14-5-1-2-9-18-14)19-10-4-7-16(13-19)6-3-8-17-12-16/h1-2,5,9,17H,3-4,6-8,10-13H2. The number of nitrogens with zero attached hydrogens (tertiary/aromatic N) is 2. The summed E-state index contributed by atoms with van der Waals surface area (Å²) in [6.45, 7) is 4.03. The minimum absolute atomic E-state index is 0.230. The number of amides is 1. The highest BCUT2D eigenvalue weighted by atomic mass is 16.2. The lowest BCUT2D eigenvalue weighted by Crippen LogP contribution is -2.52. The molecule has 3 rings (SSSR count). The maximum Gasteiger partial charge on any atom is 0.228 e. The third-order valence-corrected chi connectivity index (χ3v) is 4.63. The Labute approximate surface area is 120 Å². The molecule has 1 spiro atoms. The lowest BCUT2D eigenvalue weighted by molar-refractivity contribution is -0.134. The van der Waals surface area contributed by atoms with Crippen LogP contribution in [-0.2, 0) is 11.2 Å². The van der Waals surface area contributed by atoms with Crippen molar-refractivity contribution in [3.8, 4) is 0 Å². The number of rotatable bonds is 2. The van der Waals surface area contributed by atoms with Crippen LogP contribution in [0.25, 0.3) is 0 Å². The molecule has 4 heteroatoms. The van der Waals surface area contributed by atoms with Crippen LogP contribution in [0.3, 0.4) is 0 Å². The highest BCUT2D eigenvalue weighted by Gasteiger charge is 2.37. The van der Waals surface area contributed by atoms with E-state index in [9.17, 15) is 4.79 Å². The number of hydrogen-bond acceptors (Lipinski definition) is 3. The molecule has 1 unspecified atom stereocenters. The molecule has 1 aromatic heterocycles. The second kappa shape index (κ2) is 5.92. The molecule has 2 aliphatic heterocycles. The third kappa shape index (κ3) is 3.01. The van der Waals surface area contributed by atoms with Crippen LogP contribution in [0.1, 0.15) is 31.4 Å². The highest BCUT2D eigenvalue weighted by Crippen LogP contribution is 2.35. The molecule has 0 bridgehead atoms. The summed E-state index contributed by atoms with van der Waals surface area (Å²) in [5.41, 5.74) is 1.20. The van der Waals surface area contributed by atoms with Crippen molar-refractivity contribution in [1.82, 2.24) is 15.2 Å². The number of aromatic nitrogens is 1. The van der Waals surface area contributed by atoms with Gasteiger partial charge in [0.05, 0.1) is 6.42 Å². The normalized spacial score (nSPS) is 26.7. The van der Waals surface area contributed by atoms with E-state index in [0.717, 1.165) is 38.3 Å². The van der Waals surface area contributed by atoms with E-state index in [4.69, 9.17) is 0 Å². The van der Waals surface area contributed by atoms with Gasteiger partial charge in [-0.05, 0) is 44.4 Å². The highest BCUT2D eigenvalue weighted by molar-refractivity contribution is 5.78. The molecule has 4 nitrogen and oxygen atoms in total. The molecule has 108 valence electrons. The van der Waals surface area contributed by atoms with Crippen molar-refractivity contribution in [2.75, 3.05) is 26.2 Å². The van der Waals surface area contributed by atoms with E-state index in [2.05, 4.69) is 15.2 Å². The van der Waals surface area contributed by atoms with Crippen molar-refractivity contribution in [2.24, 2.45) is 5.41 Å². The largest absolute Gasteiger partial charge is 0.342 e. The van der Waals surface area contributed by atoms with Crippen molar-refractivity contribution in [3.63, 3.8) is 0 Å². The quantitative estimate of drug-likeness (QED) is 0.890. The van der Waals surface area contributed by atoms with E-state index in [-0.39, 0.29) is 5.91 Å². The second-order valence-corrected chi connectivity index (χ2v) is 6.20. The van der Waals surface area contributed by atoms with Crippen LogP contribution in [-0.4, -0.2) is 42.0 Å². The molecule has 1 aromatic rings. The predicted molar refractivity (Wildman–Crippen MR) is 78.3 cm³/mol. The fourth-order valence-corrected chi connectivity index (χ4v) is 3.57. The van der Waals surface area contributed by atoms with Crippen LogP contribution in [0, 0.1) is 5.41 Å². The zero-order valence-corrected chi connectivity index (χ0v) is 12.0. The van der Waals surface area contributed by atoms with E-state index in [1.807, 2.05) is 18.2 Å². The van der Waals surface area contributed by atoms with Gasteiger partial charge < -0.3 is 10.2 Å². The molecule has 1 amide bonds. The summed E-state index contributed by atoms with van der Waals surface area (Å²) in [7, 11) is 0. The van der Waals surface area contributed by atoms with E-state index < -0.39 is 0 Å². The zero-order valence-electron chi connectivity index (χ0n) is 12.0. The summed E-state index contributed by atoms with van der Waals surface area (Å²) in [6, 6.07) is 5.76. The fourth-order valence-electron chi connectivity index (χ4n) is 3.57. The Kier molecular flexibility index (Phi) is 4.01. The summed E-state index contributed by atoms with van der Waals surface area (Å²) in [5.74, 6) is 0.230. The van der Waals surface area contributed by atoms with Crippen LogP contribution >= 0.6 is 0 Å². The third-order valence-electron chi connectivity index (χ3n) is 4.63. The molecule has 2 fully saturated rings. The molecule has 1 atom stereocenters. The summed E-state index contributed by atoms with van der Waals surface area (Å²) < 4.78 is 0. The van der Waals surface area contributed by atoms with Gasteiger partial charge in [0.15, 0.2) is 0 Å². The molecule has 2 aliphatic rings. The summed E-state index contributed by atoms with van der Waals surface area (Å²) in [4.78, 5) is 18.8. The van der Waals surface area contributed by atoms with Crippen LogP contribution in [0.5, 0.6) is 0 Å². The first-order valence-electron chi connectivity index (χ1n) is 7.66. The molecule has 20 heavy (non-hydrogen) atoms. The average Bonchev–Trinajstić information content (AvgIpc) is 2.49. The fraction of sp³-hybridized carbons (Fsp3) is 0.625. The number of pyridine rings is 1. The van der Waals surface area contributed by atoms with E-state index >= 15 is 0 Å². The Morgan fingerprint density at radius 2 is 2.25 bits per heavy atom. The number of piperidine rings is 2. The first-order chi connectivity index (χ1) is 9.77. The van der Waals surface area contributed by atoms with E-state index in [0.29, 0.717) is 11.8 Å². The average molecular weight is 273 g/mol. The first-order valence-corrected chi connectivity index (χ1v) is 7.66. The molecule has 0 radical (unpaired) electrons. The van der Waals surface area contributed by atoms with Crippen molar-refractivity contribution in [3.05, 3.63) is 30.1 Å². The van der Waals surface area contributed by atoms with Crippen LogP contribution < -0.4 is 5.32 Å². The van der Waals surface area contributed by atoms with Crippen LogP contribution in [0.2, 0.25) is 0 Å². The summed E-state index contributed by atoms with van der Waals surface area (Å²) in [5, 5.41) is 3.50. The van der Waals surface area contributed by atoms with Crippen LogP contribution in [0.4, 0.5) is 0 Å². The van der Waals surface area contributed by atoms with Gasteiger partial charge in [-0.25, -0.2) is 0 Å². The lowest BCUT2D eigenvalue weighted by Gasteiger charge is -2.45. The van der Waals surface area contributed by atoms with E-state index in [1.54, 1.807) is 6.20 Å². The van der Waals surface area contributed by atoms with Gasteiger partial charge >= 0.3 is 0 Å². The number of hydrogen-bond donors (Lipinski definition) is 1. The van der Waals surface area contributed by atoms with Gasteiger partial charge in [0.1, 0.15) is 0 Å². The number of carbonyl (C=O) groups excluding carboxylic acids is 1. The Balaban J connectivity index is 1.63. The van der Waals surface area contributed by atoms with Crippen molar-refractivity contribution < 1.29 is 4.79 Å². The first kappa shape index (κ1) is 13.6. The van der Waals surface area contributed by atoms with Gasteiger partial charge in [-0.15, -0.1) is 0 Å². The molecular weight excluding hydrogens is 250 g/mol. The molecular formula is C16H23N3O. The predicted octanol–water partition coefficient (Wildman–Crippen LogP) is 1.62. The Morgan fingerprint density at radius 1 is 1.35 bits per heavy atom. The van der Waals surface area contributed by atoms with Gasteiger partial charge in [0, 0.05) is 36.9 Å².